The molecule has 0 unspecified atom stereocenters. The lowest BCUT2D eigenvalue weighted by Crippen LogP contribution is -2.56. The first-order valence-electron chi connectivity index (χ1n) is 14.7. The van der Waals surface area contributed by atoms with Crippen LogP contribution >= 0.6 is 0 Å². The van der Waals surface area contributed by atoms with Gasteiger partial charge in [-0.2, -0.15) is 5.21 Å². The highest BCUT2D eigenvalue weighted by Gasteiger charge is 2.52. The van der Waals surface area contributed by atoms with Gasteiger partial charge in [0.15, 0.2) is 5.54 Å². The van der Waals surface area contributed by atoms with Gasteiger partial charge in [0.25, 0.3) is 5.56 Å². The van der Waals surface area contributed by atoms with Gasteiger partial charge in [-0.25, -0.2) is 9.48 Å². The third-order valence-electron chi connectivity index (χ3n) is 8.37. The van der Waals surface area contributed by atoms with Crippen LogP contribution in [0.2, 0.25) is 0 Å². The quantitative estimate of drug-likeness (QED) is 0.275. The summed E-state index contributed by atoms with van der Waals surface area (Å²) in [5.41, 5.74) is 4.40. The molecule has 3 aliphatic rings. The number of hydrogen-bond donors (Lipinski definition) is 3. The monoisotopic (exact) mass is 557 g/mol. The molecule has 4 aromatic rings. The van der Waals surface area contributed by atoms with Crippen molar-refractivity contribution in [1.29, 1.82) is 0 Å². The number of nitrogens with zero attached hydrogens (tertiary/aromatic N) is 5. The number of tetrazole rings is 1. The molecule has 10 heteroatoms. The normalized spacial score (nSPS) is 19.0. The number of nitrogens with one attached hydrogen (secondary N) is 2. The first kappa shape index (κ1) is 28.5. The van der Waals surface area contributed by atoms with Crippen molar-refractivity contribution in [3.8, 4) is 22.5 Å². The molecule has 0 saturated heterocycles. The van der Waals surface area contributed by atoms with E-state index in [4.69, 9.17) is 0 Å². The van der Waals surface area contributed by atoms with E-state index in [9.17, 15) is 14.7 Å². The zero-order chi connectivity index (χ0) is 29.0. The van der Waals surface area contributed by atoms with E-state index in [0.717, 1.165) is 72.3 Å². The molecule has 41 heavy (non-hydrogen) atoms. The summed E-state index contributed by atoms with van der Waals surface area (Å²) >= 11 is 0. The molecule has 3 N–H and O–H groups in total. The Kier molecular flexibility index (Phi) is 8.49. The summed E-state index contributed by atoms with van der Waals surface area (Å²) < 4.78 is 3.65. The second kappa shape index (κ2) is 12.2. The van der Waals surface area contributed by atoms with E-state index in [1.165, 1.54) is 0 Å². The Balaban J connectivity index is 0.000000623. The number of aromatic amines is 1. The highest BCUT2D eigenvalue weighted by Crippen LogP contribution is 2.46. The van der Waals surface area contributed by atoms with Crippen molar-refractivity contribution in [3.05, 3.63) is 75.7 Å². The van der Waals surface area contributed by atoms with Gasteiger partial charge in [-0.15, -0.1) is 10.2 Å². The molecule has 0 amide bonds. The topological polar surface area (TPSA) is 131 Å². The Morgan fingerprint density at radius 2 is 1.73 bits per heavy atom. The predicted molar refractivity (Wildman–Crippen MR) is 158 cm³/mol. The van der Waals surface area contributed by atoms with Crippen LogP contribution in [-0.2, 0) is 23.2 Å². The number of carboxylic acid groups (broad SMARTS) is 1. The minimum atomic E-state index is -1.12. The van der Waals surface area contributed by atoms with E-state index < -0.39 is 11.5 Å². The predicted octanol–water partition coefficient (Wildman–Crippen LogP) is 4.56. The molecule has 4 heterocycles. The zero-order valence-electron chi connectivity index (χ0n) is 24.1. The second-order valence-corrected chi connectivity index (χ2v) is 10.8. The molecule has 10 nitrogen and oxygen atoms in total. The Labute approximate surface area is 239 Å². The van der Waals surface area contributed by atoms with Crippen LogP contribution in [0.4, 0.5) is 0 Å². The van der Waals surface area contributed by atoms with E-state index in [1.54, 1.807) is 4.68 Å². The van der Waals surface area contributed by atoms with Gasteiger partial charge in [0.2, 0.25) is 5.82 Å². The number of fused-ring (bicyclic) bond motifs is 2. The van der Waals surface area contributed by atoms with Crippen molar-refractivity contribution in [3.63, 3.8) is 0 Å². The summed E-state index contributed by atoms with van der Waals surface area (Å²) in [6, 6.07) is 16.3. The molecule has 2 aliphatic heterocycles. The zero-order valence-corrected chi connectivity index (χ0v) is 24.1. The van der Waals surface area contributed by atoms with Crippen LogP contribution in [0.25, 0.3) is 22.5 Å². The molecule has 2 bridgehead atoms. The van der Waals surface area contributed by atoms with Crippen LogP contribution in [0, 0.1) is 0 Å². The molecule has 1 saturated carbocycles. The molecule has 1 fully saturated rings. The average Bonchev–Trinajstić information content (AvgIpc) is 3.64. The fourth-order valence-corrected chi connectivity index (χ4v) is 6.38. The van der Waals surface area contributed by atoms with E-state index >= 15 is 0 Å². The lowest BCUT2D eigenvalue weighted by atomic mass is 9.77. The van der Waals surface area contributed by atoms with Crippen molar-refractivity contribution in [2.45, 2.75) is 77.3 Å². The number of H-pyrrole nitrogens is 1. The standard InChI is InChI=1S/C27H28N6O3.C4H11N/c1-2-5-23-22(25(34)33-27(26(35)36)14-12-19(13-15-27)32(23)33)16-17-8-10-18(11-9-17)20-6-3-4-7-21(20)24-28-30-31-29-24;1-3-5-4-2/h3-4,6-11,19H,2,5,12-16H2,1H3,(H,35,36)(H,28,29,30,31);5H,3-4H2,1-2H3. The number of benzene rings is 2. The molecule has 1 aliphatic carbocycles. The van der Waals surface area contributed by atoms with E-state index in [-0.39, 0.29) is 11.6 Å². The van der Waals surface area contributed by atoms with Crippen LogP contribution in [0.5, 0.6) is 0 Å². The minimum absolute atomic E-state index is 0.142. The molecule has 0 spiro atoms. The Morgan fingerprint density at radius 3 is 2.29 bits per heavy atom. The molecule has 2 aromatic carbocycles. The Morgan fingerprint density at radius 1 is 1.05 bits per heavy atom. The molecule has 216 valence electrons. The summed E-state index contributed by atoms with van der Waals surface area (Å²) in [6.07, 6.45) is 4.81. The summed E-state index contributed by atoms with van der Waals surface area (Å²) in [6.45, 7) is 8.49. The van der Waals surface area contributed by atoms with Crippen molar-refractivity contribution in [1.82, 2.24) is 35.3 Å². The van der Waals surface area contributed by atoms with Gasteiger partial charge in [0.05, 0.1) is 6.04 Å². The third-order valence-corrected chi connectivity index (χ3v) is 8.37. The smallest absolute Gasteiger partial charge is 0.331 e. The van der Waals surface area contributed by atoms with Crippen LogP contribution in [-0.4, -0.2) is 54.2 Å². The minimum Gasteiger partial charge on any atom is -0.479 e. The van der Waals surface area contributed by atoms with Crippen molar-refractivity contribution in [2.24, 2.45) is 0 Å². The van der Waals surface area contributed by atoms with Crippen LogP contribution in [0.1, 0.15) is 75.7 Å². The lowest BCUT2D eigenvalue weighted by Gasteiger charge is -2.46. The van der Waals surface area contributed by atoms with Gasteiger partial charge >= 0.3 is 5.97 Å². The highest BCUT2D eigenvalue weighted by atomic mass is 16.4. The fourth-order valence-electron chi connectivity index (χ4n) is 6.38. The maximum atomic E-state index is 13.7. The number of aromatic nitrogens is 6. The van der Waals surface area contributed by atoms with Gasteiger partial charge in [-0.3, -0.25) is 9.48 Å². The lowest BCUT2D eigenvalue weighted by molar-refractivity contribution is -0.155. The number of rotatable bonds is 9. The number of carbonyl (C=O) groups is 1. The van der Waals surface area contributed by atoms with Gasteiger partial charge in [0.1, 0.15) is 0 Å². The average molecular weight is 558 g/mol. The SMILES string of the molecule is CCCc1c(Cc2ccc(-c3ccccc3-c3nn[nH]n3)cc2)c(=O)n2n1C1CCC2(C(=O)O)CC1.CCNCC. The Hall–Kier alpha value is -4.05. The van der Waals surface area contributed by atoms with Gasteiger partial charge in [-0.1, -0.05) is 75.7 Å². The van der Waals surface area contributed by atoms with Crippen molar-refractivity contribution in [2.75, 3.05) is 13.1 Å². The van der Waals surface area contributed by atoms with E-state index in [1.807, 2.05) is 48.5 Å². The Bertz CT molecular complexity index is 1530. The van der Waals surface area contributed by atoms with Crippen LogP contribution in [0.3, 0.4) is 0 Å². The van der Waals surface area contributed by atoms with Gasteiger partial charge in [-0.05, 0) is 67.1 Å². The van der Waals surface area contributed by atoms with Crippen molar-refractivity contribution < 1.29 is 9.90 Å². The maximum Gasteiger partial charge on any atom is 0.331 e. The van der Waals surface area contributed by atoms with E-state index in [2.05, 4.69) is 51.4 Å². The summed E-state index contributed by atoms with van der Waals surface area (Å²) in [5.74, 6) is -0.353. The molecule has 0 radical (unpaired) electrons. The molecular formula is C31H39N7O3. The van der Waals surface area contributed by atoms with Crippen LogP contribution in [0.15, 0.2) is 53.3 Å². The van der Waals surface area contributed by atoms with Crippen LogP contribution < -0.4 is 10.9 Å². The number of aliphatic carboxylic acids is 1. The molecule has 0 atom stereocenters. The first-order valence-corrected chi connectivity index (χ1v) is 14.7. The molecule has 2 aromatic heterocycles. The summed E-state index contributed by atoms with van der Waals surface area (Å²) in [7, 11) is 0. The largest absolute Gasteiger partial charge is 0.479 e. The molecular weight excluding hydrogens is 518 g/mol. The van der Waals surface area contributed by atoms with Crippen molar-refractivity contribution >= 4 is 5.97 Å². The number of carboxylic acids is 1. The van der Waals surface area contributed by atoms with E-state index in [0.29, 0.717) is 25.1 Å². The third kappa shape index (κ3) is 5.24. The first-order chi connectivity index (χ1) is 19.9. The van der Waals surface area contributed by atoms with Gasteiger partial charge in [0, 0.05) is 23.2 Å². The molecule has 7 rings (SSSR count). The summed E-state index contributed by atoms with van der Waals surface area (Å²) in [5, 5.41) is 27.7. The second-order valence-electron chi connectivity index (χ2n) is 10.8. The highest BCUT2D eigenvalue weighted by molar-refractivity contribution is 5.80. The maximum absolute atomic E-state index is 13.7. The summed E-state index contributed by atoms with van der Waals surface area (Å²) in [4.78, 5) is 26.1. The van der Waals surface area contributed by atoms with Gasteiger partial charge < -0.3 is 10.4 Å². The number of hydrogen-bond acceptors (Lipinski definition) is 6. The fraction of sp³-hybridized carbons (Fsp3) is 0.452.